The second kappa shape index (κ2) is 8.65. The molecule has 4 rings (SSSR count). The van der Waals surface area contributed by atoms with Gasteiger partial charge in [-0.3, -0.25) is 4.79 Å². The molecule has 0 spiro atoms. The smallest absolute Gasteiger partial charge is 0.257 e. The fourth-order valence-electron chi connectivity index (χ4n) is 3.83. The average molecular weight is 380 g/mol. The molecule has 0 aromatic heterocycles. The number of para-hydroxylation sites is 1. The Bertz CT molecular complexity index is 800. The third kappa shape index (κ3) is 3.99. The van der Waals surface area contributed by atoms with Crippen LogP contribution in [-0.2, 0) is 4.74 Å². The molecular weight excluding hydrogens is 352 g/mol. The van der Waals surface area contributed by atoms with Crippen LogP contribution in [0.4, 0.5) is 5.69 Å². The topological polar surface area (TPSA) is 50.8 Å². The van der Waals surface area contributed by atoms with Gasteiger partial charge >= 0.3 is 0 Å². The number of carbonyl (C=O) groups excluding carboxylic acids is 1. The maximum absolute atomic E-state index is 13.2. The third-order valence-electron chi connectivity index (χ3n) is 5.41. The molecule has 0 bridgehead atoms. The van der Waals surface area contributed by atoms with E-state index in [1.165, 1.54) is 0 Å². The Kier molecular flexibility index (Phi) is 5.81. The summed E-state index contributed by atoms with van der Waals surface area (Å²) in [5.74, 6) is 0.920. The predicted octanol–water partition coefficient (Wildman–Crippen LogP) is 4.61. The summed E-state index contributed by atoms with van der Waals surface area (Å²) >= 11 is 0. The lowest BCUT2D eigenvalue weighted by atomic mass is 10.0. The predicted molar refractivity (Wildman–Crippen MR) is 110 cm³/mol. The molecule has 1 N–H and O–H groups in total. The van der Waals surface area contributed by atoms with E-state index < -0.39 is 0 Å². The molecule has 5 nitrogen and oxygen atoms in total. The van der Waals surface area contributed by atoms with Crippen molar-refractivity contribution in [2.75, 3.05) is 25.1 Å². The summed E-state index contributed by atoms with van der Waals surface area (Å²) in [6, 6.07) is 15.8. The second-order valence-electron chi connectivity index (χ2n) is 7.46. The van der Waals surface area contributed by atoms with E-state index in [-0.39, 0.29) is 18.2 Å². The summed E-state index contributed by atoms with van der Waals surface area (Å²) in [6.45, 7) is 4.26. The minimum absolute atomic E-state index is 0.0538. The summed E-state index contributed by atoms with van der Waals surface area (Å²) in [5.41, 5.74) is 2.64. The number of nitrogens with zero attached hydrogens (tertiary/aromatic N) is 1. The van der Waals surface area contributed by atoms with Crippen LogP contribution in [0, 0.1) is 0 Å². The maximum Gasteiger partial charge on any atom is 0.257 e. The first-order chi connectivity index (χ1) is 13.8. The zero-order valence-corrected chi connectivity index (χ0v) is 16.4. The Labute approximate surface area is 166 Å². The van der Waals surface area contributed by atoms with Gasteiger partial charge in [0.1, 0.15) is 11.9 Å². The van der Waals surface area contributed by atoms with Crippen molar-refractivity contribution in [3.05, 3.63) is 59.7 Å². The van der Waals surface area contributed by atoms with Crippen LogP contribution < -0.4 is 10.1 Å². The number of benzene rings is 2. The monoisotopic (exact) mass is 380 g/mol. The number of anilines is 1. The number of ether oxygens (including phenoxy) is 2. The van der Waals surface area contributed by atoms with E-state index >= 15 is 0 Å². The van der Waals surface area contributed by atoms with Crippen molar-refractivity contribution in [2.24, 2.45) is 0 Å². The highest BCUT2D eigenvalue weighted by Crippen LogP contribution is 2.34. The molecule has 0 saturated carbocycles. The molecule has 2 aromatic rings. The fraction of sp³-hybridized carbons (Fsp3) is 0.435. The summed E-state index contributed by atoms with van der Waals surface area (Å²) in [5, 5.41) is 3.55. The molecule has 1 fully saturated rings. The van der Waals surface area contributed by atoms with Crippen molar-refractivity contribution in [1.29, 1.82) is 0 Å². The largest absolute Gasteiger partial charge is 0.494 e. The Hall–Kier alpha value is -2.53. The fourth-order valence-corrected chi connectivity index (χ4v) is 3.83. The summed E-state index contributed by atoms with van der Waals surface area (Å²) in [4.78, 5) is 15.1. The van der Waals surface area contributed by atoms with Crippen LogP contribution in [-0.4, -0.2) is 36.7 Å². The minimum Gasteiger partial charge on any atom is -0.494 e. The van der Waals surface area contributed by atoms with E-state index in [0.29, 0.717) is 6.54 Å². The maximum atomic E-state index is 13.2. The SMILES string of the molecule is CCCCOc1ccc(C2Nc3ccccc3C(=O)N2CC2CCCO2)cc1. The Balaban J connectivity index is 1.58. The van der Waals surface area contributed by atoms with Gasteiger partial charge in [0.15, 0.2) is 0 Å². The molecule has 2 aliphatic rings. The Morgan fingerprint density at radius 2 is 2.00 bits per heavy atom. The van der Waals surface area contributed by atoms with Gasteiger partial charge in [0, 0.05) is 18.8 Å². The Morgan fingerprint density at radius 1 is 1.18 bits per heavy atom. The first-order valence-electron chi connectivity index (χ1n) is 10.3. The van der Waals surface area contributed by atoms with Gasteiger partial charge in [0.05, 0.1) is 18.3 Å². The molecular formula is C23H28N2O3. The molecule has 148 valence electrons. The van der Waals surface area contributed by atoms with Crippen LogP contribution in [0.15, 0.2) is 48.5 Å². The van der Waals surface area contributed by atoms with Crippen molar-refractivity contribution in [2.45, 2.75) is 44.9 Å². The first-order valence-corrected chi connectivity index (χ1v) is 10.3. The van der Waals surface area contributed by atoms with Gasteiger partial charge < -0.3 is 19.7 Å². The zero-order chi connectivity index (χ0) is 19.3. The standard InChI is InChI=1S/C23H28N2O3/c1-2-3-14-27-18-12-10-17(11-13-18)22-24-21-9-5-4-8-20(21)23(26)25(22)16-19-7-6-15-28-19/h4-5,8-13,19,22,24H,2-3,6-7,14-16H2,1H3. The summed E-state index contributed by atoms with van der Waals surface area (Å²) in [7, 11) is 0. The van der Waals surface area contributed by atoms with E-state index in [1.54, 1.807) is 0 Å². The van der Waals surface area contributed by atoms with Crippen LogP contribution in [0.2, 0.25) is 0 Å². The second-order valence-corrected chi connectivity index (χ2v) is 7.46. The molecule has 2 aromatic carbocycles. The van der Waals surface area contributed by atoms with Gasteiger partial charge in [-0.15, -0.1) is 0 Å². The van der Waals surface area contributed by atoms with Gasteiger partial charge in [-0.25, -0.2) is 0 Å². The van der Waals surface area contributed by atoms with Gasteiger partial charge in [0.25, 0.3) is 5.91 Å². The van der Waals surface area contributed by atoms with E-state index in [2.05, 4.69) is 12.2 Å². The normalized spacial score (nSPS) is 21.3. The summed E-state index contributed by atoms with van der Waals surface area (Å²) in [6.07, 6.45) is 4.12. The molecule has 0 radical (unpaired) electrons. The van der Waals surface area contributed by atoms with Gasteiger partial charge in [-0.1, -0.05) is 37.6 Å². The number of unbranched alkanes of at least 4 members (excludes halogenated alkanes) is 1. The highest BCUT2D eigenvalue weighted by molar-refractivity contribution is 6.01. The number of hydrogen-bond donors (Lipinski definition) is 1. The lowest BCUT2D eigenvalue weighted by Gasteiger charge is -2.39. The van der Waals surface area contributed by atoms with Gasteiger partial charge in [0.2, 0.25) is 0 Å². The first kappa shape index (κ1) is 18.8. The molecule has 28 heavy (non-hydrogen) atoms. The minimum atomic E-state index is -0.212. The van der Waals surface area contributed by atoms with Crippen molar-refractivity contribution < 1.29 is 14.3 Å². The number of amides is 1. The third-order valence-corrected chi connectivity index (χ3v) is 5.41. The molecule has 1 amide bonds. The highest BCUT2D eigenvalue weighted by Gasteiger charge is 2.35. The van der Waals surface area contributed by atoms with Crippen LogP contribution in [0.25, 0.3) is 0 Å². The number of fused-ring (bicyclic) bond motifs is 1. The van der Waals surface area contributed by atoms with Crippen molar-refractivity contribution >= 4 is 11.6 Å². The number of rotatable bonds is 7. The van der Waals surface area contributed by atoms with Crippen molar-refractivity contribution in [3.8, 4) is 5.75 Å². The highest BCUT2D eigenvalue weighted by atomic mass is 16.5. The van der Waals surface area contributed by atoms with E-state index in [4.69, 9.17) is 9.47 Å². The molecule has 2 aliphatic heterocycles. The van der Waals surface area contributed by atoms with Crippen LogP contribution in [0.3, 0.4) is 0 Å². The van der Waals surface area contributed by atoms with Crippen LogP contribution in [0.1, 0.15) is 54.7 Å². The number of carbonyl (C=O) groups is 1. The van der Waals surface area contributed by atoms with E-state index in [1.807, 2.05) is 53.4 Å². The van der Waals surface area contributed by atoms with Gasteiger partial charge in [-0.2, -0.15) is 0 Å². The molecule has 0 aliphatic carbocycles. The average Bonchev–Trinajstić information content (AvgIpc) is 3.24. The van der Waals surface area contributed by atoms with E-state index in [9.17, 15) is 4.79 Å². The van der Waals surface area contributed by atoms with Gasteiger partial charge in [-0.05, 0) is 49.1 Å². The molecule has 2 heterocycles. The number of hydrogen-bond acceptors (Lipinski definition) is 4. The summed E-state index contributed by atoms with van der Waals surface area (Å²) < 4.78 is 11.6. The zero-order valence-electron chi connectivity index (χ0n) is 16.4. The lowest BCUT2D eigenvalue weighted by molar-refractivity contribution is 0.0427. The molecule has 2 atom stereocenters. The molecule has 5 heteroatoms. The Morgan fingerprint density at radius 3 is 2.75 bits per heavy atom. The van der Waals surface area contributed by atoms with Crippen LogP contribution in [0.5, 0.6) is 5.75 Å². The lowest BCUT2D eigenvalue weighted by Crippen LogP contribution is -2.46. The van der Waals surface area contributed by atoms with Crippen molar-refractivity contribution in [1.82, 2.24) is 4.90 Å². The quantitative estimate of drug-likeness (QED) is 0.713. The van der Waals surface area contributed by atoms with Crippen molar-refractivity contribution in [3.63, 3.8) is 0 Å². The molecule has 1 saturated heterocycles. The molecule has 2 unspecified atom stereocenters. The number of nitrogens with one attached hydrogen (secondary N) is 1. The van der Waals surface area contributed by atoms with E-state index in [0.717, 1.165) is 61.5 Å². The van der Waals surface area contributed by atoms with Crippen LogP contribution >= 0.6 is 0 Å².